The Kier molecular flexibility index (Phi) is 47.5. The molecule has 10 aliphatic carbocycles. The normalized spacial score (nSPS) is 22.9. The number of Topliss-reactive ketones (excluding diaryl/α,β-unsaturated/α-hetero) is 2. The second-order valence-corrected chi connectivity index (χ2v) is 31.4. The van der Waals surface area contributed by atoms with Crippen LogP contribution in [0.15, 0.2) is 48.5 Å². The quantitative estimate of drug-likeness (QED) is 0.0557. The van der Waals surface area contributed by atoms with Gasteiger partial charge < -0.3 is 68.2 Å². The van der Waals surface area contributed by atoms with Gasteiger partial charge in [0.1, 0.15) is 11.6 Å². The summed E-state index contributed by atoms with van der Waals surface area (Å²) < 4.78 is 229. The Balaban J connectivity index is 0.000000690. The first-order valence-corrected chi connectivity index (χ1v) is 39.1. The van der Waals surface area contributed by atoms with Crippen molar-refractivity contribution >= 4 is 86.6 Å². The summed E-state index contributed by atoms with van der Waals surface area (Å²) in [4.78, 5) is 83.1. The molecule has 1 amide bonds. The summed E-state index contributed by atoms with van der Waals surface area (Å²) in [6.07, 6.45) is 5.18. The van der Waals surface area contributed by atoms with E-state index in [0.717, 1.165) is 75.9 Å². The van der Waals surface area contributed by atoms with Crippen molar-refractivity contribution in [3.05, 3.63) is 70.8 Å². The van der Waals surface area contributed by atoms with Crippen LogP contribution in [0.4, 0.5) is 70.2 Å². The molecule has 2 aromatic rings. The SMILES string of the molecule is CC(=O)OOC(C)=O.C[C@](O)(c1ccc(C(=O)N(C2CC2)C2CCC(F)(F)CC2)cc1)C(F)(F)F.C[C@](O)(c1ccc(C(=O)O)cc1)C(F)(F)F.Cl.Cl.Cl.FC1(F)CCC(NC2CC2)CC1.FC1(F)CCC(NC2CC2)CC1.FC1(F)CCC2(CC1)OCCO2.NC1CC1.O=C1CCC(F)(F)CC1.O=C1CCC2(CC1)OCCO2.[B-]OC(C)=O.[Na+]. The summed E-state index contributed by atoms with van der Waals surface area (Å²) in [6, 6.07) is 11.0. The number of aliphatic hydroxyl groups is 2. The molecular formula is C78H112BCl3F16N4NaO17. The third-order valence-corrected chi connectivity index (χ3v) is 20.8. The first-order valence-electron chi connectivity index (χ1n) is 39.1. The number of hydrogen-bond acceptors (Lipinski definition) is 19. The van der Waals surface area contributed by atoms with Gasteiger partial charge in [0.15, 0.2) is 22.8 Å². The van der Waals surface area contributed by atoms with Gasteiger partial charge in [0, 0.05) is 184 Å². The maximum Gasteiger partial charge on any atom is 1.00 e. The summed E-state index contributed by atoms with van der Waals surface area (Å²) in [5.41, 5.74) is -1.47. The van der Waals surface area contributed by atoms with E-state index in [1.807, 2.05) is 0 Å². The summed E-state index contributed by atoms with van der Waals surface area (Å²) in [5.74, 6) is -16.5. The number of nitrogens with two attached hydrogens (primary N) is 1. The molecule has 2 aliphatic heterocycles. The van der Waals surface area contributed by atoms with E-state index < -0.39 is 88.4 Å². The number of carboxylic acid groups (broad SMARTS) is 1. The van der Waals surface area contributed by atoms with Gasteiger partial charge in [0.05, 0.1) is 32.0 Å². The number of nitrogens with zero attached hydrogens (tertiary/aromatic N) is 1. The fraction of sp³-hybridized carbons (Fsp3) is 0.756. The van der Waals surface area contributed by atoms with E-state index in [1.54, 1.807) is 4.90 Å². The molecule has 10 saturated carbocycles. The van der Waals surface area contributed by atoms with Crippen molar-refractivity contribution in [3.63, 3.8) is 0 Å². The largest absolute Gasteiger partial charge is 1.00 e. The minimum atomic E-state index is -4.84. The molecule has 42 heteroatoms. The molecule has 12 aliphatic rings. The Morgan fingerprint density at radius 1 is 0.433 bits per heavy atom. The van der Waals surface area contributed by atoms with Gasteiger partial charge in [-0.05, 0) is 139 Å². The number of carbonyl (C=O) groups excluding carboxylic acids is 6. The van der Waals surface area contributed by atoms with Crippen LogP contribution in [0.1, 0.15) is 272 Å². The molecule has 14 rings (SSSR count). The van der Waals surface area contributed by atoms with Crippen molar-refractivity contribution < 1.29 is 182 Å². The Bertz CT molecular complexity index is 3330. The standard InChI is InChI=1S/C19H22F5NO2.C10H9F3O3.2C9H15F2N.C8H12F2O2.C8H12O3.C6H8F2O.C4H6O4.C3H7N.C2H3BO2.3ClH.Na/c1-17(27,19(22,23)24)13-4-2-12(3-5-13)16(26)25(14-6-7-14)15-8-10-18(20,21)11-9-15;1-9(16,10(11,12)13)7-4-2-6(3-5-7)8(14)15;2*10-9(11)5-3-8(4-6-9)12-7-1-2-7;9-7(10)1-3-8(4-2-7)11-5-6-12-8;9-7-1-3-8(4-2-7)10-5-6-11-8;7-6(8)3-1-5(9)2-4-6;1-3(5)7-8-4(2)6;4-3-1-2-3;1-2(4)5-3;;;;/h2-5,14-15,27H,6-11H2,1H3;2-5,16H,1H3,(H,14,15);2*7-8,12H,1-6H2;1-6H2;1-6H2;1-4H2;1-2H3;3H,1-2,4H2;1H3;3*1H;/q;;;;;;;;;-1;;;;+1/t17-;9-;;;;;;;;;;;;/m00............/s1. The van der Waals surface area contributed by atoms with Crippen LogP contribution in [-0.4, -0.2) is 192 Å². The average molecular weight is 1820 g/mol. The number of rotatable bonds is 10. The maximum absolute atomic E-state index is 13.4. The van der Waals surface area contributed by atoms with E-state index >= 15 is 0 Å². The Labute approximate surface area is 730 Å². The number of nitrogens with one attached hydrogen (secondary N) is 2. The van der Waals surface area contributed by atoms with E-state index in [2.05, 4.69) is 33.1 Å². The van der Waals surface area contributed by atoms with Gasteiger partial charge in [-0.3, -0.25) is 19.2 Å². The molecular weight excluding hydrogens is 1710 g/mol. The fourth-order valence-electron chi connectivity index (χ4n) is 12.8. The number of hydrogen-bond donors (Lipinski definition) is 6. The van der Waals surface area contributed by atoms with Gasteiger partial charge in [-0.15, -0.1) is 37.2 Å². The van der Waals surface area contributed by atoms with Crippen LogP contribution in [0.3, 0.4) is 0 Å². The average Bonchev–Trinajstić information content (AvgIpc) is 1.48. The van der Waals surface area contributed by atoms with E-state index in [4.69, 9.17) is 29.8 Å². The number of ketones is 2. The van der Waals surface area contributed by atoms with Gasteiger partial charge in [-0.25, -0.2) is 68.1 Å². The van der Waals surface area contributed by atoms with Crippen molar-refractivity contribution in [1.29, 1.82) is 0 Å². The molecule has 2 spiro atoms. The number of amides is 1. The molecule has 0 bridgehead atoms. The number of carbonyl (C=O) groups is 7. The molecule has 2 saturated heterocycles. The number of carboxylic acids is 1. The summed E-state index contributed by atoms with van der Waals surface area (Å²) in [5, 5.41) is 34.3. The van der Waals surface area contributed by atoms with Crippen LogP contribution in [0.2, 0.25) is 0 Å². The number of benzene rings is 2. The molecule has 0 aromatic heterocycles. The van der Waals surface area contributed by atoms with Crippen LogP contribution in [0.5, 0.6) is 0 Å². The maximum atomic E-state index is 13.4. The van der Waals surface area contributed by atoms with Crippen molar-refractivity contribution in [2.75, 3.05) is 26.4 Å². The number of halogens is 19. The van der Waals surface area contributed by atoms with E-state index in [1.165, 1.54) is 57.6 Å². The van der Waals surface area contributed by atoms with Crippen LogP contribution in [0.25, 0.3) is 0 Å². The van der Waals surface area contributed by atoms with Crippen LogP contribution in [0, 0.1) is 0 Å². The van der Waals surface area contributed by atoms with E-state index in [0.29, 0.717) is 128 Å². The molecule has 120 heavy (non-hydrogen) atoms. The molecule has 2 atom stereocenters. The third-order valence-electron chi connectivity index (χ3n) is 20.8. The summed E-state index contributed by atoms with van der Waals surface area (Å²) >= 11 is 0. The number of aromatic carboxylic acids is 1. The Morgan fingerprint density at radius 2 is 0.700 bits per heavy atom. The van der Waals surface area contributed by atoms with Gasteiger partial charge in [0.2, 0.25) is 35.6 Å². The smallest absolute Gasteiger partial charge is 0.793 e. The van der Waals surface area contributed by atoms with Crippen LogP contribution in [-0.2, 0) is 68.6 Å². The van der Waals surface area contributed by atoms with Crippen molar-refractivity contribution in [1.82, 2.24) is 15.5 Å². The Morgan fingerprint density at radius 3 is 0.967 bits per heavy atom. The third kappa shape index (κ3) is 42.3. The van der Waals surface area contributed by atoms with E-state index in [9.17, 15) is 114 Å². The van der Waals surface area contributed by atoms with Crippen molar-refractivity contribution in [2.24, 2.45) is 5.73 Å². The Hall–Kier alpha value is -4.42. The fourth-order valence-corrected chi connectivity index (χ4v) is 12.8. The topological polar surface area (TPSA) is 298 Å². The molecule has 7 N–H and O–H groups in total. The van der Waals surface area contributed by atoms with E-state index in [-0.39, 0.29) is 203 Å². The molecule has 21 nitrogen and oxygen atoms in total. The number of alkyl halides is 16. The summed E-state index contributed by atoms with van der Waals surface area (Å²) in [7, 11) is 4.32. The predicted molar refractivity (Wildman–Crippen MR) is 409 cm³/mol. The van der Waals surface area contributed by atoms with Crippen LogP contribution < -0.4 is 45.9 Å². The van der Waals surface area contributed by atoms with Gasteiger partial charge in [0.25, 0.3) is 5.91 Å². The second kappa shape index (κ2) is 50.2. The van der Waals surface area contributed by atoms with Crippen LogP contribution >= 0.6 is 37.2 Å². The van der Waals surface area contributed by atoms with Gasteiger partial charge >= 0.3 is 59.8 Å². The monoisotopic (exact) mass is 1820 g/mol. The zero-order valence-corrected chi connectivity index (χ0v) is 72.5. The molecule has 683 valence electrons. The minimum absolute atomic E-state index is 0. The molecule has 0 unspecified atom stereocenters. The number of ether oxygens (including phenoxy) is 4. The minimum Gasteiger partial charge on any atom is -0.793 e. The first kappa shape index (κ1) is 114. The van der Waals surface area contributed by atoms with Gasteiger partial charge in [-0.1, -0.05) is 24.3 Å². The molecule has 3 radical (unpaired) electrons. The molecule has 2 heterocycles. The molecule has 2 aromatic carbocycles. The van der Waals surface area contributed by atoms with Crippen molar-refractivity contribution in [2.45, 2.75) is 347 Å². The zero-order valence-electron chi connectivity index (χ0n) is 68.0. The van der Waals surface area contributed by atoms with Gasteiger partial charge in [-0.2, -0.15) is 26.3 Å². The first-order chi connectivity index (χ1) is 53.7. The zero-order chi connectivity index (χ0) is 86.9. The second-order valence-electron chi connectivity index (χ2n) is 31.4. The predicted octanol–water partition coefficient (Wildman–Crippen LogP) is 14.0. The summed E-state index contributed by atoms with van der Waals surface area (Å²) in [6.45, 7) is 7.26. The molecule has 12 fully saturated rings. The van der Waals surface area contributed by atoms with Crippen molar-refractivity contribution in [3.8, 4) is 0 Å².